The zero-order valence-corrected chi connectivity index (χ0v) is 11.0. The van der Waals surface area contributed by atoms with E-state index in [-0.39, 0.29) is 0 Å². The quantitative estimate of drug-likeness (QED) is 0.650. The van der Waals surface area contributed by atoms with E-state index < -0.39 is 11.9 Å². The number of aliphatic carboxylic acids is 1. The maximum atomic E-state index is 10.8. The first-order valence-electron chi connectivity index (χ1n) is 6.38. The summed E-state index contributed by atoms with van der Waals surface area (Å²) in [6.07, 6.45) is 7.23. The van der Waals surface area contributed by atoms with Gasteiger partial charge in [-0.3, -0.25) is 0 Å². The molecule has 1 unspecified atom stereocenters. The van der Waals surface area contributed by atoms with Gasteiger partial charge in [0.1, 0.15) is 12.4 Å². The number of unbranched alkanes of at least 4 members (excludes halogenated alkanes) is 1. The van der Waals surface area contributed by atoms with Crippen LogP contribution in [0.25, 0.3) is 0 Å². The molecule has 1 rings (SSSR count). The first-order valence-corrected chi connectivity index (χ1v) is 6.38. The number of imidazole rings is 1. The Morgan fingerprint density at radius 3 is 2.76 bits per heavy atom. The first-order chi connectivity index (χ1) is 8.10. The standard InChI is InChI=1S/C13H22N2O2/c1-4-6-7-14-8-9-15(12(14)5-2)10-11(3)13(16)17/h8-9,11H,4-7,10H2,1-3H3. The fourth-order valence-electron chi connectivity index (χ4n) is 1.97. The fraction of sp³-hybridized carbons (Fsp3) is 0.692. The van der Waals surface area contributed by atoms with Crippen molar-refractivity contribution in [2.75, 3.05) is 0 Å². The minimum Gasteiger partial charge on any atom is -0.550 e. The van der Waals surface area contributed by atoms with Crippen molar-refractivity contribution < 1.29 is 14.5 Å². The molecule has 0 aliphatic rings. The maximum absolute atomic E-state index is 10.8. The average molecular weight is 238 g/mol. The summed E-state index contributed by atoms with van der Waals surface area (Å²) in [6.45, 7) is 7.45. The van der Waals surface area contributed by atoms with Gasteiger partial charge in [0.2, 0.25) is 0 Å². The molecule has 0 saturated carbocycles. The summed E-state index contributed by atoms with van der Waals surface area (Å²) in [5, 5.41) is 10.8. The number of rotatable bonds is 7. The molecule has 0 fully saturated rings. The third-order valence-corrected chi connectivity index (χ3v) is 3.03. The summed E-state index contributed by atoms with van der Waals surface area (Å²) >= 11 is 0. The van der Waals surface area contributed by atoms with E-state index in [4.69, 9.17) is 0 Å². The van der Waals surface area contributed by atoms with Crippen LogP contribution in [0.3, 0.4) is 0 Å². The molecule has 0 saturated heterocycles. The number of carbonyl (C=O) groups excluding carboxylic acids is 1. The van der Waals surface area contributed by atoms with Crippen LogP contribution in [0.1, 0.15) is 39.4 Å². The van der Waals surface area contributed by atoms with Crippen molar-refractivity contribution in [2.24, 2.45) is 5.92 Å². The number of hydrogen-bond acceptors (Lipinski definition) is 2. The number of carbonyl (C=O) groups is 1. The lowest BCUT2D eigenvalue weighted by Gasteiger charge is -2.11. The molecule has 17 heavy (non-hydrogen) atoms. The van der Waals surface area contributed by atoms with Crippen LogP contribution in [0.15, 0.2) is 12.4 Å². The van der Waals surface area contributed by atoms with Crippen LogP contribution in [-0.4, -0.2) is 10.5 Å². The number of aryl methyl sites for hydroxylation is 1. The van der Waals surface area contributed by atoms with Crippen molar-refractivity contribution in [3.63, 3.8) is 0 Å². The van der Waals surface area contributed by atoms with Gasteiger partial charge >= 0.3 is 0 Å². The Bertz CT molecular complexity index is 371. The van der Waals surface area contributed by atoms with Gasteiger partial charge in [0, 0.05) is 18.3 Å². The van der Waals surface area contributed by atoms with Gasteiger partial charge in [-0.1, -0.05) is 27.2 Å². The second kappa shape index (κ2) is 6.42. The minimum absolute atomic E-state index is 0.452. The van der Waals surface area contributed by atoms with E-state index in [0.29, 0.717) is 6.54 Å². The summed E-state index contributed by atoms with van der Waals surface area (Å²) in [6, 6.07) is 0. The zero-order valence-electron chi connectivity index (χ0n) is 11.0. The summed E-state index contributed by atoms with van der Waals surface area (Å²) in [5.41, 5.74) is 0. The lowest BCUT2D eigenvalue weighted by molar-refractivity contribution is -0.708. The van der Waals surface area contributed by atoms with Crippen molar-refractivity contribution in [3.05, 3.63) is 18.2 Å². The number of carboxylic acids is 1. The predicted molar refractivity (Wildman–Crippen MR) is 63.1 cm³/mol. The maximum Gasteiger partial charge on any atom is 0.256 e. The Kier molecular flexibility index (Phi) is 5.19. The Labute approximate surface area is 103 Å². The average Bonchev–Trinajstić information content (AvgIpc) is 2.68. The molecule has 4 nitrogen and oxygen atoms in total. The predicted octanol–water partition coefficient (Wildman–Crippen LogP) is 0.524. The molecule has 0 aromatic carbocycles. The molecule has 1 atom stereocenters. The van der Waals surface area contributed by atoms with Crippen LogP contribution in [0, 0.1) is 5.92 Å². The topological polar surface area (TPSA) is 48.9 Å². The molecule has 1 heterocycles. The van der Waals surface area contributed by atoms with E-state index in [2.05, 4.69) is 18.4 Å². The van der Waals surface area contributed by atoms with Crippen molar-refractivity contribution in [3.8, 4) is 0 Å². The van der Waals surface area contributed by atoms with E-state index in [1.54, 1.807) is 6.92 Å². The molecular formula is C13H22N2O2. The molecule has 0 N–H and O–H groups in total. The number of nitrogens with zero attached hydrogens (tertiary/aromatic N) is 2. The molecular weight excluding hydrogens is 216 g/mol. The van der Waals surface area contributed by atoms with Crippen molar-refractivity contribution in [2.45, 2.75) is 53.1 Å². The first kappa shape index (κ1) is 13.7. The van der Waals surface area contributed by atoms with Gasteiger partial charge in [0.05, 0.1) is 13.1 Å². The highest BCUT2D eigenvalue weighted by Gasteiger charge is 2.17. The summed E-state index contributed by atoms with van der Waals surface area (Å²) in [4.78, 5) is 10.8. The molecule has 1 aromatic rings. The second-order valence-corrected chi connectivity index (χ2v) is 4.49. The Balaban J connectivity index is 2.78. The van der Waals surface area contributed by atoms with Crippen molar-refractivity contribution in [1.29, 1.82) is 0 Å². The molecule has 96 valence electrons. The van der Waals surface area contributed by atoms with Gasteiger partial charge in [0.15, 0.2) is 0 Å². The number of hydrogen-bond donors (Lipinski definition) is 0. The Hall–Kier alpha value is -1.32. The summed E-state index contributed by atoms with van der Waals surface area (Å²) < 4.78 is 4.24. The van der Waals surface area contributed by atoms with Crippen LogP contribution in [0.4, 0.5) is 0 Å². The van der Waals surface area contributed by atoms with Crippen LogP contribution < -0.4 is 9.67 Å². The molecule has 0 aliphatic heterocycles. The SMILES string of the molecule is CCCCn1cc[n+](CC(C)C(=O)[O-])c1CC. The molecule has 0 amide bonds. The van der Waals surface area contributed by atoms with Gasteiger partial charge in [-0.05, 0) is 6.42 Å². The van der Waals surface area contributed by atoms with E-state index in [0.717, 1.165) is 25.8 Å². The lowest BCUT2D eigenvalue weighted by atomic mass is 10.2. The number of aromatic nitrogens is 2. The van der Waals surface area contributed by atoms with E-state index in [9.17, 15) is 9.90 Å². The normalized spacial score (nSPS) is 12.6. The van der Waals surface area contributed by atoms with Gasteiger partial charge in [-0.25, -0.2) is 9.13 Å². The van der Waals surface area contributed by atoms with Crippen LogP contribution in [-0.2, 0) is 24.3 Å². The second-order valence-electron chi connectivity index (χ2n) is 4.49. The van der Waals surface area contributed by atoms with E-state index in [1.807, 2.05) is 17.0 Å². The highest BCUT2D eigenvalue weighted by Crippen LogP contribution is 2.02. The third kappa shape index (κ3) is 3.58. The van der Waals surface area contributed by atoms with E-state index >= 15 is 0 Å². The smallest absolute Gasteiger partial charge is 0.256 e. The zero-order chi connectivity index (χ0) is 12.8. The molecule has 4 heteroatoms. The van der Waals surface area contributed by atoms with Gasteiger partial charge in [0.25, 0.3) is 5.82 Å². The summed E-state index contributed by atoms with van der Waals surface area (Å²) in [5.74, 6) is -0.250. The Morgan fingerprint density at radius 2 is 2.24 bits per heavy atom. The molecule has 0 bridgehead atoms. The molecule has 0 radical (unpaired) electrons. The Morgan fingerprint density at radius 1 is 1.53 bits per heavy atom. The fourth-order valence-corrected chi connectivity index (χ4v) is 1.97. The van der Waals surface area contributed by atoms with E-state index in [1.165, 1.54) is 5.82 Å². The van der Waals surface area contributed by atoms with Crippen LogP contribution in [0.2, 0.25) is 0 Å². The van der Waals surface area contributed by atoms with Crippen molar-refractivity contribution >= 4 is 5.97 Å². The highest BCUT2D eigenvalue weighted by atomic mass is 16.4. The summed E-state index contributed by atoms with van der Waals surface area (Å²) in [7, 11) is 0. The molecule has 0 spiro atoms. The van der Waals surface area contributed by atoms with Gasteiger partial charge < -0.3 is 9.90 Å². The minimum atomic E-state index is -0.985. The number of carboxylic acid groups (broad SMARTS) is 1. The monoisotopic (exact) mass is 238 g/mol. The molecule has 0 aliphatic carbocycles. The van der Waals surface area contributed by atoms with Gasteiger partial charge in [-0.2, -0.15) is 0 Å². The molecule has 1 aromatic heterocycles. The van der Waals surface area contributed by atoms with Crippen LogP contribution in [0.5, 0.6) is 0 Å². The largest absolute Gasteiger partial charge is 0.550 e. The highest BCUT2D eigenvalue weighted by molar-refractivity contribution is 5.66. The van der Waals surface area contributed by atoms with Crippen LogP contribution >= 0.6 is 0 Å². The lowest BCUT2D eigenvalue weighted by Crippen LogP contribution is -2.44. The van der Waals surface area contributed by atoms with Crippen molar-refractivity contribution in [1.82, 2.24) is 4.57 Å². The third-order valence-electron chi connectivity index (χ3n) is 3.03. The van der Waals surface area contributed by atoms with Gasteiger partial charge in [-0.15, -0.1) is 0 Å².